The SMILES string of the molecule is Cc1cc(CN(C)C(=O)CCn2cnc3ccc(Br)cc3c2=O)no1. The van der Waals surface area contributed by atoms with Crippen LogP contribution in [0.5, 0.6) is 0 Å². The van der Waals surface area contributed by atoms with Crippen LogP contribution in [0.15, 0.2) is 44.4 Å². The fourth-order valence-corrected chi connectivity index (χ4v) is 2.88. The number of hydrogen-bond acceptors (Lipinski definition) is 5. The van der Waals surface area contributed by atoms with Crippen molar-refractivity contribution in [1.82, 2.24) is 19.6 Å². The molecule has 0 spiro atoms. The number of carbonyl (C=O) groups excluding carboxylic acids is 1. The van der Waals surface area contributed by atoms with Gasteiger partial charge < -0.3 is 9.42 Å². The second-order valence-electron chi connectivity index (χ2n) is 5.83. The summed E-state index contributed by atoms with van der Waals surface area (Å²) in [6.07, 6.45) is 1.68. The molecule has 8 heteroatoms. The fraction of sp³-hybridized carbons (Fsp3) is 0.294. The topological polar surface area (TPSA) is 81.2 Å². The summed E-state index contributed by atoms with van der Waals surface area (Å²) in [7, 11) is 1.70. The van der Waals surface area contributed by atoms with Gasteiger partial charge in [-0.1, -0.05) is 21.1 Å². The third-order valence-corrected chi connectivity index (χ3v) is 4.35. The molecule has 0 atom stereocenters. The Bertz CT molecular complexity index is 979. The molecule has 0 radical (unpaired) electrons. The van der Waals surface area contributed by atoms with E-state index in [1.807, 2.05) is 6.07 Å². The van der Waals surface area contributed by atoms with Crippen LogP contribution in [0.25, 0.3) is 10.9 Å². The molecule has 0 unspecified atom stereocenters. The Morgan fingerprint density at radius 3 is 2.88 bits per heavy atom. The van der Waals surface area contributed by atoms with Gasteiger partial charge in [-0.3, -0.25) is 14.2 Å². The third-order valence-electron chi connectivity index (χ3n) is 3.85. The molecule has 0 fully saturated rings. The summed E-state index contributed by atoms with van der Waals surface area (Å²) < 4.78 is 7.27. The number of carbonyl (C=O) groups is 1. The van der Waals surface area contributed by atoms with Gasteiger partial charge in [-0.15, -0.1) is 0 Å². The first-order valence-corrected chi connectivity index (χ1v) is 8.54. The van der Waals surface area contributed by atoms with Crippen LogP contribution in [-0.4, -0.2) is 32.6 Å². The van der Waals surface area contributed by atoms with E-state index >= 15 is 0 Å². The molecule has 0 N–H and O–H groups in total. The standard InChI is InChI=1S/C17H17BrN4O3/c1-11-7-13(20-25-11)9-21(2)16(23)5-6-22-10-19-15-4-3-12(18)8-14(15)17(22)24/h3-4,7-8,10H,5-6,9H2,1-2H3. The van der Waals surface area contributed by atoms with Gasteiger partial charge in [0.05, 0.1) is 23.8 Å². The van der Waals surface area contributed by atoms with Crippen LogP contribution in [0.4, 0.5) is 0 Å². The monoisotopic (exact) mass is 404 g/mol. The summed E-state index contributed by atoms with van der Waals surface area (Å²) in [5, 5.41) is 4.40. The summed E-state index contributed by atoms with van der Waals surface area (Å²) in [4.78, 5) is 30.6. The molecule has 7 nitrogen and oxygen atoms in total. The van der Waals surface area contributed by atoms with Crippen LogP contribution in [0.3, 0.4) is 0 Å². The van der Waals surface area contributed by atoms with E-state index in [2.05, 4.69) is 26.1 Å². The van der Waals surface area contributed by atoms with E-state index in [-0.39, 0.29) is 24.4 Å². The largest absolute Gasteiger partial charge is 0.361 e. The highest BCUT2D eigenvalue weighted by atomic mass is 79.9. The maximum Gasteiger partial charge on any atom is 0.261 e. The van der Waals surface area contributed by atoms with Crippen molar-refractivity contribution in [3.8, 4) is 0 Å². The Morgan fingerprint density at radius 2 is 2.16 bits per heavy atom. The quantitative estimate of drug-likeness (QED) is 0.652. The lowest BCUT2D eigenvalue weighted by molar-refractivity contribution is -0.130. The number of halogens is 1. The van der Waals surface area contributed by atoms with E-state index in [1.165, 1.54) is 10.9 Å². The lowest BCUT2D eigenvalue weighted by Crippen LogP contribution is -2.29. The molecule has 1 amide bonds. The number of amides is 1. The molecule has 0 saturated heterocycles. The molecule has 2 aromatic heterocycles. The van der Waals surface area contributed by atoms with E-state index in [0.29, 0.717) is 28.9 Å². The van der Waals surface area contributed by atoms with Crippen LogP contribution >= 0.6 is 15.9 Å². The predicted molar refractivity (Wildman–Crippen MR) is 96.0 cm³/mol. The van der Waals surface area contributed by atoms with Crippen LogP contribution < -0.4 is 5.56 Å². The van der Waals surface area contributed by atoms with Crippen molar-refractivity contribution in [2.75, 3.05) is 7.05 Å². The van der Waals surface area contributed by atoms with Crippen molar-refractivity contribution in [2.24, 2.45) is 0 Å². The third kappa shape index (κ3) is 3.96. The number of nitrogens with zero attached hydrogens (tertiary/aromatic N) is 4. The minimum absolute atomic E-state index is 0.0816. The zero-order valence-corrected chi connectivity index (χ0v) is 15.5. The molecule has 3 aromatic rings. The molecule has 3 rings (SSSR count). The zero-order valence-electron chi connectivity index (χ0n) is 13.9. The highest BCUT2D eigenvalue weighted by Gasteiger charge is 2.13. The van der Waals surface area contributed by atoms with Gasteiger partial charge in [0.25, 0.3) is 5.56 Å². The van der Waals surface area contributed by atoms with Gasteiger partial charge in [0.15, 0.2) is 0 Å². The van der Waals surface area contributed by atoms with Crippen LogP contribution in [0.1, 0.15) is 17.9 Å². The molecular formula is C17H17BrN4O3. The average molecular weight is 405 g/mol. The highest BCUT2D eigenvalue weighted by Crippen LogP contribution is 2.15. The van der Waals surface area contributed by atoms with Gasteiger partial charge in [-0.25, -0.2) is 4.98 Å². The zero-order chi connectivity index (χ0) is 18.0. The Morgan fingerprint density at radius 1 is 1.36 bits per heavy atom. The van der Waals surface area contributed by atoms with E-state index in [9.17, 15) is 9.59 Å². The summed E-state index contributed by atoms with van der Waals surface area (Å²) in [5.74, 6) is 0.623. The molecule has 0 bridgehead atoms. The highest BCUT2D eigenvalue weighted by molar-refractivity contribution is 9.10. The van der Waals surface area contributed by atoms with Crippen molar-refractivity contribution in [2.45, 2.75) is 26.4 Å². The molecule has 130 valence electrons. The maximum absolute atomic E-state index is 12.5. The van der Waals surface area contributed by atoms with Crippen molar-refractivity contribution >= 4 is 32.7 Å². The van der Waals surface area contributed by atoms with Gasteiger partial charge in [0.1, 0.15) is 11.5 Å². The normalized spacial score (nSPS) is 11.0. The van der Waals surface area contributed by atoms with E-state index in [4.69, 9.17) is 4.52 Å². The molecule has 0 aliphatic heterocycles. The number of hydrogen-bond donors (Lipinski definition) is 0. The Balaban J connectivity index is 1.68. The Labute approximate surface area is 152 Å². The Hall–Kier alpha value is -2.48. The fourth-order valence-electron chi connectivity index (χ4n) is 2.52. The first-order chi connectivity index (χ1) is 11.9. The van der Waals surface area contributed by atoms with Crippen molar-refractivity contribution in [1.29, 1.82) is 0 Å². The number of benzene rings is 1. The predicted octanol–water partition coefficient (Wildman–Crippen LogP) is 2.50. The van der Waals surface area contributed by atoms with Gasteiger partial charge in [-0.05, 0) is 25.1 Å². The van der Waals surface area contributed by atoms with Gasteiger partial charge in [-0.2, -0.15) is 0 Å². The second kappa shape index (κ2) is 7.18. The molecule has 25 heavy (non-hydrogen) atoms. The summed E-state index contributed by atoms with van der Waals surface area (Å²) in [5.41, 5.74) is 1.17. The summed E-state index contributed by atoms with van der Waals surface area (Å²) in [6.45, 7) is 2.44. The molecular weight excluding hydrogens is 388 g/mol. The molecule has 0 aliphatic carbocycles. The van der Waals surface area contributed by atoms with Crippen LogP contribution in [-0.2, 0) is 17.9 Å². The maximum atomic E-state index is 12.5. The van der Waals surface area contributed by atoms with Crippen molar-refractivity contribution in [3.05, 3.63) is 56.9 Å². The molecule has 0 aliphatic rings. The van der Waals surface area contributed by atoms with Crippen LogP contribution in [0, 0.1) is 6.92 Å². The molecule has 2 heterocycles. The summed E-state index contributed by atoms with van der Waals surface area (Å²) in [6, 6.07) is 7.15. The first-order valence-electron chi connectivity index (χ1n) is 7.75. The number of fused-ring (bicyclic) bond motifs is 1. The minimum atomic E-state index is -0.158. The lowest BCUT2D eigenvalue weighted by Gasteiger charge is -2.16. The molecule has 0 saturated carbocycles. The lowest BCUT2D eigenvalue weighted by atomic mass is 10.2. The first kappa shape index (κ1) is 17.3. The van der Waals surface area contributed by atoms with Crippen LogP contribution in [0.2, 0.25) is 0 Å². The van der Waals surface area contributed by atoms with Crippen molar-refractivity contribution in [3.63, 3.8) is 0 Å². The number of rotatable bonds is 5. The summed E-state index contributed by atoms with van der Waals surface area (Å²) >= 11 is 3.36. The number of aromatic nitrogens is 3. The average Bonchev–Trinajstić information content (AvgIpc) is 2.99. The van der Waals surface area contributed by atoms with Gasteiger partial charge in [0, 0.05) is 30.6 Å². The number of aryl methyl sites for hydroxylation is 2. The Kier molecular flexibility index (Phi) is 4.98. The van der Waals surface area contributed by atoms with Gasteiger partial charge >= 0.3 is 0 Å². The van der Waals surface area contributed by atoms with Gasteiger partial charge in [0.2, 0.25) is 5.91 Å². The van der Waals surface area contributed by atoms with Crippen molar-refractivity contribution < 1.29 is 9.32 Å². The second-order valence-corrected chi connectivity index (χ2v) is 6.75. The van der Waals surface area contributed by atoms with E-state index < -0.39 is 0 Å². The minimum Gasteiger partial charge on any atom is -0.361 e. The smallest absolute Gasteiger partial charge is 0.261 e. The molecule has 1 aromatic carbocycles. The van der Waals surface area contributed by atoms with E-state index in [1.54, 1.807) is 37.1 Å². The van der Waals surface area contributed by atoms with E-state index in [0.717, 1.165) is 4.47 Å².